The third-order valence-corrected chi connectivity index (χ3v) is 4.59. The number of methoxy groups -OCH3 is 3. The number of para-hydroxylation sites is 1. The van der Waals surface area contributed by atoms with Crippen LogP contribution >= 0.6 is 12.2 Å². The number of hydrogen-bond donors (Lipinski definition) is 3. The number of amides is 2. The maximum Gasteiger partial charge on any atom is 0.257 e. The van der Waals surface area contributed by atoms with Gasteiger partial charge in [-0.1, -0.05) is 25.5 Å². The number of carbonyl (C=O) groups is 2. The van der Waals surface area contributed by atoms with Crippen LogP contribution in [0.5, 0.6) is 17.2 Å². The SMILES string of the molecule is CCCCNC(=O)c1ccccc1NC(=S)NC(=O)c1cc(OC)c(OC)c(OC)c1. The van der Waals surface area contributed by atoms with Gasteiger partial charge in [-0.2, -0.15) is 0 Å². The lowest BCUT2D eigenvalue weighted by molar-refractivity contribution is 0.0952. The predicted molar refractivity (Wildman–Crippen MR) is 123 cm³/mol. The summed E-state index contributed by atoms with van der Waals surface area (Å²) in [4.78, 5) is 25.2. The van der Waals surface area contributed by atoms with Crippen LogP contribution in [0.25, 0.3) is 0 Å². The highest BCUT2D eigenvalue weighted by Gasteiger charge is 2.18. The van der Waals surface area contributed by atoms with E-state index in [1.54, 1.807) is 24.3 Å². The Balaban J connectivity index is 2.13. The first-order valence-corrected chi connectivity index (χ1v) is 10.2. The number of anilines is 1. The maximum atomic E-state index is 12.7. The van der Waals surface area contributed by atoms with Crippen molar-refractivity contribution in [2.75, 3.05) is 33.2 Å². The van der Waals surface area contributed by atoms with Gasteiger partial charge < -0.3 is 24.8 Å². The van der Waals surface area contributed by atoms with Crippen molar-refractivity contribution in [2.45, 2.75) is 19.8 Å². The Labute approximate surface area is 187 Å². The highest BCUT2D eigenvalue weighted by atomic mass is 32.1. The van der Waals surface area contributed by atoms with Crippen LogP contribution in [0.2, 0.25) is 0 Å². The monoisotopic (exact) mass is 445 g/mol. The van der Waals surface area contributed by atoms with Crippen molar-refractivity contribution in [1.29, 1.82) is 0 Å². The molecule has 8 nitrogen and oxygen atoms in total. The minimum atomic E-state index is -0.471. The molecule has 0 saturated heterocycles. The minimum absolute atomic E-state index is 0.0487. The Morgan fingerprint density at radius 3 is 2.19 bits per heavy atom. The van der Waals surface area contributed by atoms with Crippen LogP contribution in [0.15, 0.2) is 36.4 Å². The Hall–Kier alpha value is -3.33. The van der Waals surface area contributed by atoms with E-state index < -0.39 is 5.91 Å². The molecule has 0 atom stereocenters. The van der Waals surface area contributed by atoms with Crippen molar-refractivity contribution in [3.63, 3.8) is 0 Å². The van der Waals surface area contributed by atoms with E-state index in [0.717, 1.165) is 12.8 Å². The molecule has 166 valence electrons. The number of unbranched alkanes of at least 4 members (excludes halogenated alkanes) is 1. The molecule has 3 N–H and O–H groups in total. The van der Waals surface area contributed by atoms with Gasteiger partial charge in [-0.3, -0.25) is 14.9 Å². The Morgan fingerprint density at radius 1 is 0.968 bits per heavy atom. The van der Waals surface area contributed by atoms with Gasteiger partial charge in [-0.15, -0.1) is 0 Å². The van der Waals surface area contributed by atoms with Crippen LogP contribution in [-0.2, 0) is 0 Å². The fourth-order valence-electron chi connectivity index (χ4n) is 2.81. The molecule has 0 heterocycles. The summed E-state index contributed by atoms with van der Waals surface area (Å²) < 4.78 is 15.8. The average Bonchev–Trinajstić information content (AvgIpc) is 2.78. The third-order valence-electron chi connectivity index (χ3n) is 4.39. The molecule has 2 aromatic carbocycles. The summed E-state index contributed by atoms with van der Waals surface area (Å²) >= 11 is 5.27. The standard InChI is InChI=1S/C22H27N3O5S/c1-5-6-11-23-21(27)15-9-7-8-10-16(15)24-22(31)25-20(26)14-12-17(28-2)19(30-4)18(13-14)29-3/h7-10,12-13H,5-6,11H2,1-4H3,(H,23,27)(H2,24,25,26,31). The zero-order chi connectivity index (χ0) is 22.8. The van der Waals surface area contributed by atoms with Gasteiger partial charge in [0.25, 0.3) is 11.8 Å². The predicted octanol–water partition coefficient (Wildman–Crippen LogP) is 3.37. The summed E-state index contributed by atoms with van der Waals surface area (Å²) in [5.41, 5.74) is 1.19. The molecular formula is C22H27N3O5S. The van der Waals surface area contributed by atoms with E-state index >= 15 is 0 Å². The molecule has 0 spiro atoms. The number of rotatable bonds is 9. The molecule has 31 heavy (non-hydrogen) atoms. The number of carbonyl (C=O) groups excluding carboxylic acids is 2. The van der Waals surface area contributed by atoms with Crippen molar-refractivity contribution < 1.29 is 23.8 Å². The molecule has 0 aliphatic carbocycles. The van der Waals surface area contributed by atoms with Gasteiger partial charge in [0.15, 0.2) is 16.6 Å². The molecule has 2 rings (SSSR count). The first kappa shape index (κ1) is 23.9. The fourth-order valence-corrected chi connectivity index (χ4v) is 3.01. The summed E-state index contributed by atoms with van der Waals surface area (Å²) in [5, 5.41) is 8.43. The van der Waals surface area contributed by atoms with Crippen LogP contribution in [0, 0.1) is 0 Å². The molecule has 0 aliphatic heterocycles. The quantitative estimate of drug-likeness (QED) is 0.402. The third kappa shape index (κ3) is 6.32. The van der Waals surface area contributed by atoms with Crippen LogP contribution in [0.1, 0.15) is 40.5 Å². The Bertz CT molecular complexity index is 923. The molecule has 0 saturated carbocycles. The van der Waals surface area contributed by atoms with Gasteiger partial charge in [0.05, 0.1) is 32.6 Å². The van der Waals surface area contributed by atoms with Gasteiger partial charge in [-0.25, -0.2) is 0 Å². The zero-order valence-corrected chi connectivity index (χ0v) is 18.9. The lowest BCUT2D eigenvalue weighted by Gasteiger charge is -2.15. The molecule has 2 amide bonds. The summed E-state index contributed by atoms with van der Waals surface area (Å²) in [5.74, 6) is 0.391. The van der Waals surface area contributed by atoms with Crippen molar-refractivity contribution >= 4 is 34.8 Å². The molecule has 9 heteroatoms. The molecule has 2 aromatic rings. The molecule has 0 bridgehead atoms. The molecule has 0 radical (unpaired) electrons. The van der Waals surface area contributed by atoms with Crippen LogP contribution in [-0.4, -0.2) is 44.8 Å². The minimum Gasteiger partial charge on any atom is -0.493 e. The fraction of sp³-hybridized carbons (Fsp3) is 0.318. The first-order chi connectivity index (χ1) is 14.9. The van der Waals surface area contributed by atoms with Crippen LogP contribution in [0.3, 0.4) is 0 Å². The number of thiocarbonyl (C=S) groups is 1. The van der Waals surface area contributed by atoms with Crippen molar-refractivity contribution in [1.82, 2.24) is 10.6 Å². The number of hydrogen-bond acceptors (Lipinski definition) is 6. The second kappa shape index (κ2) is 11.8. The van der Waals surface area contributed by atoms with E-state index in [2.05, 4.69) is 22.9 Å². The second-order valence-electron chi connectivity index (χ2n) is 6.48. The Kier molecular flexibility index (Phi) is 9.08. The molecule has 0 aromatic heterocycles. The van der Waals surface area contributed by atoms with E-state index in [-0.39, 0.29) is 16.6 Å². The van der Waals surface area contributed by atoms with E-state index in [0.29, 0.717) is 35.0 Å². The summed E-state index contributed by atoms with van der Waals surface area (Å²) in [7, 11) is 4.41. The first-order valence-electron chi connectivity index (χ1n) is 9.74. The van der Waals surface area contributed by atoms with Crippen LogP contribution < -0.4 is 30.2 Å². The van der Waals surface area contributed by atoms with Gasteiger partial charge in [0, 0.05) is 12.1 Å². The number of nitrogens with one attached hydrogen (secondary N) is 3. The highest BCUT2D eigenvalue weighted by Crippen LogP contribution is 2.38. The van der Waals surface area contributed by atoms with E-state index in [1.807, 2.05) is 0 Å². The van der Waals surface area contributed by atoms with Gasteiger partial charge >= 0.3 is 0 Å². The average molecular weight is 446 g/mol. The van der Waals surface area contributed by atoms with Crippen molar-refractivity contribution in [3.05, 3.63) is 47.5 Å². The van der Waals surface area contributed by atoms with Gasteiger partial charge in [0.1, 0.15) is 0 Å². The van der Waals surface area contributed by atoms with E-state index in [4.69, 9.17) is 26.4 Å². The smallest absolute Gasteiger partial charge is 0.257 e. The lowest BCUT2D eigenvalue weighted by atomic mass is 10.1. The molecule has 0 unspecified atom stereocenters. The molecular weight excluding hydrogens is 418 g/mol. The zero-order valence-electron chi connectivity index (χ0n) is 18.0. The molecule has 0 aliphatic rings. The maximum absolute atomic E-state index is 12.7. The topological polar surface area (TPSA) is 97.9 Å². The lowest BCUT2D eigenvalue weighted by Crippen LogP contribution is -2.35. The van der Waals surface area contributed by atoms with Crippen LogP contribution in [0.4, 0.5) is 5.69 Å². The Morgan fingerprint density at radius 2 is 1.61 bits per heavy atom. The summed E-state index contributed by atoms with van der Waals surface area (Å²) in [6.45, 7) is 2.64. The van der Waals surface area contributed by atoms with E-state index in [9.17, 15) is 9.59 Å². The van der Waals surface area contributed by atoms with Crippen molar-refractivity contribution in [2.24, 2.45) is 0 Å². The normalized spacial score (nSPS) is 10.1. The van der Waals surface area contributed by atoms with E-state index in [1.165, 1.54) is 33.5 Å². The highest BCUT2D eigenvalue weighted by molar-refractivity contribution is 7.80. The summed E-state index contributed by atoms with van der Waals surface area (Å²) in [6, 6.07) is 9.98. The van der Waals surface area contributed by atoms with Crippen molar-refractivity contribution in [3.8, 4) is 17.2 Å². The van der Waals surface area contributed by atoms with Gasteiger partial charge in [-0.05, 0) is 42.9 Å². The van der Waals surface area contributed by atoms with Gasteiger partial charge in [0.2, 0.25) is 5.75 Å². The number of benzene rings is 2. The summed E-state index contributed by atoms with van der Waals surface area (Å²) in [6.07, 6.45) is 1.88. The molecule has 0 fully saturated rings. The number of ether oxygens (including phenoxy) is 3. The second-order valence-corrected chi connectivity index (χ2v) is 6.89. The largest absolute Gasteiger partial charge is 0.493 e.